The van der Waals surface area contributed by atoms with E-state index in [-0.39, 0.29) is 18.4 Å². The highest BCUT2D eigenvalue weighted by Crippen LogP contribution is 2.23. The SMILES string of the molecule is Cc1ccc(NC(=O)c2ccccc2OCC(=O)N2CCCCCC2)cc1Br. The van der Waals surface area contributed by atoms with Gasteiger partial charge in [0.15, 0.2) is 6.61 Å². The van der Waals surface area contributed by atoms with Gasteiger partial charge in [0.2, 0.25) is 0 Å². The average Bonchev–Trinajstić information content (AvgIpc) is 2.99. The van der Waals surface area contributed by atoms with Crippen LogP contribution in [0.25, 0.3) is 0 Å². The van der Waals surface area contributed by atoms with Crippen molar-refractivity contribution < 1.29 is 14.3 Å². The van der Waals surface area contributed by atoms with E-state index >= 15 is 0 Å². The molecule has 0 unspecified atom stereocenters. The van der Waals surface area contributed by atoms with Crippen LogP contribution in [0.4, 0.5) is 5.69 Å². The average molecular weight is 445 g/mol. The first-order chi connectivity index (χ1) is 13.5. The number of hydrogen-bond acceptors (Lipinski definition) is 3. The fourth-order valence-electron chi connectivity index (χ4n) is 3.20. The number of benzene rings is 2. The van der Waals surface area contributed by atoms with Crippen molar-refractivity contribution in [2.45, 2.75) is 32.6 Å². The van der Waals surface area contributed by atoms with Crippen LogP contribution < -0.4 is 10.1 Å². The number of carbonyl (C=O) groups excluding carboxylic acids is 2. The summed E-state index contributed by atoms with van der Waals surface area (Å²) in [6.07, 6.45) is 4.42. The number of hydrogen-bond donors (Lipinski definition) is 1. The Morgan fingerprint density at radius 2 is 1.79 bits per heavy atom. The Morgan fingerprint density at radius 1 is 1.07 bits per heavy atom. The van der Waals surface area contributed by atoms with E-state index in [0.29, 0.717) is 17.0 Å². The lowest BCUT2D eigenvalue weighted by molar-refractivity contribution is -0.133. The molecule has 0 atom stereocenters. The van der Waals surface area contributed by atoms with Crippen molar-refractivity contribution in [3.8, 4) is 5.75 Å². The molecule has 28 heavy (non-hydrogen) atoms. The third kappa shape index (κ3) is 5.35. The lowest BCUT2D eigenvalue weighted by Gasteiger charge is -2.20. The van der Waals surface area contributed by atoms with Crippen LogP contribution in [0.1, 0.15) is 41.6 Å². The quantitative estimate of drug-likeness (QED) is 0.720. The van der Waals surface area contributed by atoms with Gasteiger partial charge in [0.25, 0.3) is 11.8 Å². The fourth-order valence-corrected chi connectivity index (χ4v) is 3.58. The van der Waals surface area contributed by atoms with Crippen molar-refractivity contribution >= 4 is 33.4 Å². The molecule has 6 heteroatoms. The summed E-state index contributed by atoms with van der Waals surface area (Å²) in [6, 6.07) is 12.6. The zero-order valence-corrected chi connectivity index (χ0v) is 17.6. The van der Waals surface area contributed by atoms with Crippen LogP contribution in [0.5, 0.6) is 5.75 Å². The van der Waals surface area contributed by atoms with E-state index in [1.165, 1.54) is 12.8 Å². The largest absolute Gasteiger partial charge is 0.483 e. The Hall–Kier alpha value is -2.34. The minimum atomic E-state index is -0.270. The monoisotopic (exact) mass is 444 g/mol. The van der Waals surface area contributed by atoms with Gasteiger partial charge in [0.1, 0.15) is 5.75 Å². The van der Waals surface area contributed by atoms with E-state index in [9.17, 15) is 9.59 Å². The number of likely N-dealkylation sites (tertiary alicyclic amines) is 1. The first-order valence-electron chi connectivity index (χ1n) is 9.62. The van der Waals surface area contributed by atoms with E-state index in [4.69, 9.17) is 4.74 Å². The van der Waals surface area contributed by atoms with Crippen LogP contribution in [0.3, 0.4) is 0 Å². The molecule has 148 valence electrons. The molecule has 0 radical (unpaired) electrons. The zero-order chi connectivity index (χ0) is 19.9. The molecule has 0 aliphatic carbocycles. The maximum atomic E-state index is 12.7. The lowest BCUT2D eigenvalue weighted by Crippen LogP contribution is -2.35. The highest BCUT2D eigenvalue weighted by Gasteiger charge is 2.18. The van der Waals surface area contributed by atoms with Crippen molar-refractivity contribution in [1.82, 2.24) is 4.90 Å². The zero-order valence-electron chi connectivity index (χ0n) is 16.0. The van der Waals surface area contributed by atoms with Gasteiger partial charge in [-0.15, -0.1) is 0 Å². The Balaban J connectivity index is 1.65. The molecule has 5 nitrogen and oxygen atoms in total. The molecule has 1 aliphatic rings. The molecule has 1 heterocycles. The Bertz CT molecular complexity index is 845. The lowest BCUT2D eigenvalue weighted by atomic mass is 10.1. The molecule has 0 bridgehead atoms. The summed E-state index contributed by atoms with van der Waals surface area (Å²) in [6.45, 7) is 3.50. The van der Waals surface area contributed by atoms with E-state index in [1.54, 1.807) is 24.3 Å². The minimum Gasteiger partial charge on any atom is -0.483 e. The number of aryl methyl sites for hydroxylation is 1. The predicted octanol–water partition coefficient (Wildman–Crippen LogP) is 4.79. The third-order valence-corrected chi connectivity index (χ3v) is 5.73. The van der Waals surface area contributed by atoms with E-state index < -0.39 is 0 Å². The van der Waals surface area contributed by atoms with Crippen molar-refractivity contribution in [1.29, 1.82) is 0 Å². The van der Waals surface area contributed by atoms with Crippen molar-refractivity contribution in [3.63, 3.8) is 0 Å². The standard InChI is InChI=1S/C22H25BrN2O3/c1-16-10-11-17(14-19(16)23)24-22(27)18-8-4-5-9-20(18)28-15-21(26)25-12-6-2-3-7-13-25/h4-5,8-11,14H,2-3,6-7,12-13,15H2,1H3,(H,24,27). The smallest absolute Gasteiger partial charge is 0.260 e. The summed E-state index contributed by atoms with van der Waals surface area (Å²) >= 11 is 3.47. The Labute approximate surface area is 174 Å². The van der Waals surface area contributed by atoms with Crippen LogP contribution in [0.2, 0.25) is 0 Å². The summed E-state index contributed by atoms with van der Waals surface area (Å²) < 4.78 is 6.66. The molecule has 0 saturated carbocycles. The fraction of sp³-hybridized carbons (Fsp3) is 0.364. The number of ether oxygens (including phenoxy) is 1. The Morgan fingerprint density at radius 3 is 2.50 bits per heavy atom. The number of nitrogens with one attached hydrogen (secondary N) is 1. The molecule has 3 rings (SSSR count). The second-order valence-electron chi connectivity index (χ2n) is 7.00. The number of rotatable bonds is 5. The number of amides is 2. The number of anilines is 1. The molecule has 1 saturated heterocycles. The first kappa shape index (κ1) is 20.4. The van der Waals surface area contributed by atoms with Crippen LogP contribution in [-0.4, -0.2) is 36.4 Å². The molecule has 2 amide bonds. The van der Waals surface area contributed by atoms with Crippen LogP contribution in [-0.2, 0) is 4.79 Å². The highest BCUT2D eigenvalue weighted by atomic mass is 79.9. The predicted molar refractivity (Wildman–Crippen MR) is 114 cm³/mol. The minimum absolute atomic E-state index is 0.0282. The van der Waals surface area contributed by atoms with Crippen molar-refractivity contribution in [3.05, 3.63) is 58.1 Å². The van der Waals surface area contributed by atoms with Gasteiger partial charge in [-0.2, -0.15) is 0 Å². The first-order valence-corrected chi connectivity index (χ1v) is 10.4. The van der Waals surface area contributed by atoms with Gasteiger partial charge in [0.05, 0.1) is 5.56 Å². The van der Waals surface area contributed by atoms with Crippen LogP contribution in [0.15, 0.2) is 46.9 Å². The van der Waals surface area contributed by atoms with E-state index in [2.05, 4.69) is 21.2 Å². The molecular weight excluding hydrogens is 420 g/mol. The van der Waals surface area contributed by atoms with E-state index in [0.717, 1.165) is 36.0 Å². The van der Waals surface area contributed by atoms with Gasteiger partial charge in [-0.25, -0.2) is 0 Å². The number of halogens is 1. The summed E-state index contributed by atoms with van der Waals surface area (Å²) in [5, 5.41) is 2.88. The van der Waals surface area contributed by atoms with Gasteiger partial charge >= 0.3 is 0 Å². The highest BCUT2D eigenvalue weighted by molar-refractivity contribution is 9.10. The van der Waals surface area contributed by atoms with Crippen molar-refractivity contribution in [2.24, 2.45) is 0 Å². The van der Waals surface area contributed by atoms with Gasteiger partial charge in [-0.1, -0.05) is 47.0 Å². The number of carbonyl (C=O) groups is 2. The van der Waals surface area contributed by atoms with Gasteiger partial charge < -0.3 is 15.0 Å². The summed E-state index contributed by atoms with van der Waals surface area (Å²) in [4.78, 5) is 27.0. The summed E-state index contributed by atoms with van der Waals surface area (Å²) in [7, 11) is 0. The van der Waals surface area contributed by atoms with Crippen LogP contribution in [0, 0.1) is 6.92 Å². The van der Waals surface area contributed by atoms with E-state index in [1.807, 2.05) is 30.0 Å². The molecule has 1 aliphatic heterocycles. The molecule has 2 aromatic carbocycles. The third-order valence-electron chi connectivity index (χ3n) is 4.87. The van der Waals surface area contributed by atoms with Gasteiger partial charge in [-0.3, -0.25) is 9.59 Å². The second kappa shape index (κ2) is 9.73. The second-order valence-corrected chi connectivity index (χ2v) is 7.85. The van der Waals surface area contributed by atoms with Gasteiger partial charge in [0, 0.05) is 23.2 Å². The molecule has 1 N–H and O–H groups in total. The topological polar surface area (TPSA) is 58.6 Å². The molecule has 0 aromatic heterocycles. The summed E-state index contributed by atoms with van der Waals surface area (Å²) in [5.74, 6) is 0.113. The molecule has 2 aromatic rings. The van der Waals surface area contributed by atoms with Crippen LogP contribution >= 0.6 is 15.9 Å². The van der Waals surface area contributed by atoms with Crippen molar-refractivity contribution in [2.75, 3.05) is 25.0 Å². The Kier molecular flexibility index (Phi) is 7.09. The molecular formula is C22H25BrN2O3. The number of nitrogens with zero attached hydrogens (tertiary/aromatic N) is 1. The molecule has 0 spiro atoms. The summed E-state index contributed by atoms with van der Waals surface area (Å²) in [5.41, 5.74) is 2.19. The van der Waals surface area contributed by atoms with Gasteiger partial charge in [-0.05, 0) is 49.6 Å². The maximum absolute atomic E-state index is 12.7. The number of para-hydroxylation sites is 1. The maximum Gasteiger partial charge on any atom is 0.260 e. The normalized spacial score (nSPS) is 14.3. The molecule has 1 fully saturated rings.